The fourth-order valence-corrected chi connectivity index (χ4v) is 4.77. The van der Waals surface area contributed by atoms with Gasteiger partial charge in [0, 0.05) is 24.0 Å². The van der Waals surface area contributed by atoms with Crippen molar-refractivity contribution >= 4 is 6.09 Å². The van der Waals surface area contributed by atoms with Crippen LogP contribution < -0.4 is 10.6 Å². The number of rotatable bonds is 8. The maximum Gasteiger partial charge on any atom is 0.416 e. The molecule has 2 fully saturated rings. The Labute approximate surface area is 199 Å². The first-order valence-corrected chi connectivity index (χ1v) is 12.3. The van der Waals surface area contributed by atoms with E-state index in [9.17, 15) is 18.0 Å². The number of alkyl halides is 3. The molecular formula is C27H33F3N2O2. The monoisotopic (exact) mass is 474 g/mol. The van der Waals surface area contributed by atoms with Crippen molar-refractivity contribution in [3.05, 3.63) is 59.7 Å². The number of alkyl carbamates (subject to hydrolysis) is 1. The molecule has 184 valence electrons. The van der Waals surface area contributed by atoms with E-state index in [0.717, 1.165) is 56.6 Å². The highest BCUT2D eigenvalue weighted by atomic mass is 19.4. The zero-order valence-corrected chi connectivity index (χ0v) is 19.5. The molecule has 34 heavy (non-hydrogen) atoms. The average Bonchev–Trinajstić information content (AvgIpc) is 3.59. The third-order valence-corrected chi connectivity index (χ3v) is 6.88. The van der Waals surface area contributed by atoms with Gasteiger partial charge >= 0.3 is 12.3 Å². The van der Waals surface area contributed by atoms with Crippen LogP contribution in [0.4, 0.5) is 18.0 Å². The van der Waals surface area contributed by atoms with Crippen molar-refractivity contribution in [2.75, 3.05) is 6.61 Å². The van der Waals surface area contributed by atoms with Crippen LogP contribution in [0, 0.1) is 0 Å². The maximum atomic E-state index is 13.0. The summed E-state index contributed by atoms with van der Waals surface area (Å²) < 4.78 is 44.2. The van der Waals surface area contributed by atoms with Gasteiger partial charge < -0.3 is 15.4 Å². The van der Waals surface area contributed by atoms with E-state index < -0.39 is 11.7 Å². The van der Waals surface area contributed by atoms with Crippen molar-refractivity contribution in [1.29, 1.82) is 0 Å². The van der Waals surface area contributed by atoms with E-state index in [1.165, 1.54) is 17.7 Å². The minimum atomic E-state index is -4.34. The van der Waals surface area contributed by atoms with Crippen LogP contribution in [0.3, 0.4) is 0 Å². The maximum absolute atomic E-state index is 13.0. The summed E-state index contributed by atoms with van der Waals surface area (Å²) in [5.41, 5.74) is 1.96. The molecule has 0 saturated heterocycles. The third-order valence-electron chi connectivity index (χ3n) is 6.88. The highest BCUT2D eigenvalue weighted by molar-refractivity contribution is 5.67. The summed E-state index contributed by atoms with van der Waals surface area (Å²) in [6.07, 6.45) is 2.27. The molecule has 2 aliphatic rings. The van der Waals surface area contributed by atoms with Gasteiger partial charge in [-0.2, -0.15) is 13.2 Å². The van der Waals surface area contributed by atoms with E-state index >= 15 is 0 Å². The van der Waals surface area contributed by atoms with Crippen molar-refractivity contribution < 1.29 is 22.7 Å². The molecular weight excluding hydrogens is 441 g/mol. The van der Waals surface area contributed by atoms with E-state index in [4.69, 9.17) is 4.74 Å². The Morgan fingerprint density at radius 3 is 2.38 bits per heavy atom. The van der Waals surface area contributed by atoms with Crippen LogP contribution in [0.25, 0.3) is 11.1 Å². The Morgan fingerprint density at radius 2 is 1.71 bits per heavy atom. The fraction of sp³-hybridized carbons (Fsp3) is 0.519. The fourth-order valence-electron chi connectivity index (χ4n) is 4.77. The Balaban J connectivity index is 1.22. The van der Waals surface area contributed by atoms with Crippen LogP contribution >= 0.6 is 0 Å². The number of carbonyl (C=O) groups excluding carboxylic acids is 1. The molecule has 0 unspecified atom stereocenters. The first-order valence-electron chi connectivity index (χ1n) is 12.3. The lowest BCUT2D eigenvalue weighted by Crippen LogP contribution is -2.43. The Kier molecular flexibility index (Phi) is 7.81. The van der Waals surface area contributed by atoms with Gasteiger partial charge in [0.2, 0.25) is 0 Å². The number of benzene rings is 2. The SMILES string of the molecule is CCCCOC(=O)N[C@H]1CC[C@H](N[C@H]2C[C@@H]2c2ccc(-c3cccc(C(F)(F)F)c3)cc2)CC1. The van der Waals surface area contributed by atoms with Gasteiger partial charge in [-0.1, -0.05) is 49.7 Å². The number of hydrogen-bond acceptors (Lipinski definition) is 3. The number of hydrogen-bond donors (Lipinski definition) is 2. The Hall–Kier alpha value is -2.54. The van der Waals surface area contributed by atoms with Crippen LogP contribution in [0.1, 0.15) is 68.9 Å². The highest BCUT2D eigenvalue weighted by Gasteiger charge is 2.40. The Morgan fingerprint density at radius 1 is 1.00 bits per heavy atom. The number of carbonyl (C=O) groups is 1. The van der Waals surface area contributed by atoms with Gasteiger partial charge in [-0.15, -0.1) is 0 Å². The van der Waals surface area contributed by atoms with Gasteiger partial charge in [0.05, 0.1) is 12.2 Å². The molecule has 0 radical (unpaired) electrons. The second-order valence-electron chi connectivity index (χ2n) is 9.50. The highest BCUT2D eigenvalue weighted by Crippen LogP contribution is 2.42. The zero-order chi connectivity index (χ0) is 24.1. The van der Waals surface area contributed by atoms with Gasteiger partial charge in [-0.05, 0) is 67.3 Å². The third kappa shape index (κ3) is 6.53. The van der Waals surface area contributed by atoms with E-state index in [1.807, 2.05) is 24.3 Å². The van der Waals surface area contributed by atoms with Gasteiger partial charge in [0.1, 0.15) is 0 Å². The molecule has 1 amide bonds. The quantitative estimate of drug-likeness (QED) is 0.421. The van der Waals surface area contributed by atoms with E-state index in [-0.39, 0.29) is 12.1 Å². The van der Waals surface area contributed by atoms with Crippen molar-refractivity contribution in [2.24, 2.45) is 0 Å². The second kappa shape index (κ2) is 10.8. The molecule has 2 N–H and O–H groups in total. The molecule has 2 aromatic rings. The number of ether oxygens (including phenoxy) is 1. The van der Waals surface area contributed by atoms with Gasteiger partial charge in [0.15, 0.2) is 0 Å². The van der Waals surface area contributed by atoms with Crippen LogP contribution in [-0.2, 0) is 10.9 Å². The first kappa shape index (κ1) is 24.6. The minimum Gasteiger partial charge on any atom is -0.450 e. The summed E-state index contributed by atoms with van der Waals surface area (Å²) in [4.78, 5) is 11.8. The molecule has 4 nitrogen and oxygen atoms in total. The normalized spacial score (nSPS) is 24.5. The smallest absolute Gasteiger partial charge is 0.416 e. The lowest BCUT2D eigenvalue weighted by Gasteiger charge is -2.29. The topological polar surface area (TPSA) is 50.4 Å². The van der Waals surface area contributed by atoms with Crippen LogP contribution in [-0.4, -0.2) is 30.8 Å². The standard InChI is InChI=1S/C27H33F3N2O2/c1-2-3-15-34-26(33)32-23-13-11-22(12-14-23)31-25-17-24(25)19-9-7-18(8-10-19)20-5-4-6-21(16-20)27(28,29)30/h4-10,16,22-25,31H,2-3,11-15,17H2,1H3,(H,32,33)/t22-,23-,24-,25+/m1/s1. The molecule has 0 aliphatic heterocycles. The van der Waals surface area contributed by atoms with Crippen molar-refractivity contribution in [1.82, 2.24) is 10.6 Å². The second-order valence-corrected chi connectivity index (χ2v) is 9.50. The number of amides is 1. The minimum absolute atomic E-state index is 0.186. The number of halogens is 3. The summed E-state index contributed by atoms with van der Waals surface area (Å²) in [5, 5.41) is 6.74. The van der Waals surface area contributed by atoms with Gasteiger partial charge in [-0.3, -0.25) is 0 Å². The lowest BCUT2D eigenvalue weighted by molar-refractivity contribution is -0.137. The predicted molar refractivity (Wildman–Crippen MR) is 127 cm³/mol. The molecule has 2 aromatic carbocycles. The first-order chi connectivity index (χ1) is 16.3. The van der Waals surface area contributed by atoms with Crippen LogP contribution in [0.15, 0.2) is 48.5 Å². The molecule has 0 aromatic heterocycles. The van der Waals surface area contributed by atoms with E-state index in [1.54, 1.807) is 6.07 Å². The average molecular weight is 475 g/mol. The number of unbranched alkanes of at least 4 members (excludes halogenated alkanes) is 1. The molecule has 4 rings (SSSR count). The molecule has 2 saturated carbocycles. The summed E-state index contributed by atoms with van der Waals surface area (Å²) in [7, 11) is 0. The van der Waals surface area contributed by atoms with Crippen LogP contribution in [0.5, 0.6) is 0 Å². The Bertz CT molecular complexity index is 953. The van der Waals surface area contributed by atoms with Gasteiger partial charge in [0.25, 0.3) is 0 Å². The summed E-state index contributed by atoms with van der Waals surface area (Å²) >= 11 is 0. The predicted octanol–water partition coefficient (Wildman–Crippen LogP) is 6.66. The number of nitrogens with one attached hydrogen (secondary N) is 2. The molecule has 2 aliphatic carbocycles. The summed E-state index contributed by atoms with van der Waals surface area (Å²) in [5.74, 6) is 0.444. The van der Waals surface area contributed by atoms with Crippen molar-refractivity contribution in [2.45, 2.75) is 82.1 Å². The van der Waals surface area contributed by atoms with E-state index in [2.05, 4.69) is 17.6 Å². The molecule has 7 heteroatoms. The molecule has 0 bridgehead atoms. The zero-order valence-electron chi connectivity index (χ0n) is 19.5. The largest absolute Gasteiger partial charge is 0.450 e. The van der Waals surface area contributed by atoms with E-state index in [0.29, 0.717) is 30.2 Å². The summed E-state index contributed by atoms with van der Waals surface area (Å²) in [6, 6.07) is 14.4. The summed E-state index contributed by atoms with van der Waals surface area (Å²) in [6.45, 7) is 2.54. The van der Waals surface area contributed by atoms with Crippen LogP contribution in [0.2, 0.25) is 0 Å². The molecule has 0 spiro atoms. The molecule has 2 atom stereocenters. The van der Waals surface area contributed by atoms with Crippen molar-refractivity contribution in [3.8, 4) is 11.1 Å². The van der Waals surface area contributed by atoms with Gasteiger partial charge in [-0.25, -0.2) is 4.79 Å². The lowest BCUT2D eigenvalue weighted by atomic mass is 9.91. The molecule has 0 heterocycles. The van der Waals surface area contributed by atoms with Crippen molar-refractivity contribution in [3.63, 3.8) is 0 Å².